The molecule has 0 spiro atoms. The molecular weight excluding hydrogens is 248 g/mol. The normalized spacial score (nSPS) is 28.9. The van der Waals surface area contributed by atoms with Crippen LogP contribution in [0.3, 0.4) is 0 Å². The highest BCUT2D eigenvalue weighted by Gasteiger charge is 2.28. The second-order valence-corrected chi connectivity index (χ2v) is 6.34. The van der Waals surface area contributed by atoms with Gasteiger partial charge in [-0.15, -0.1) is 0 Å². The van der Waals surface area contributed by atoms with Gasteiger partial charge in [-0.1, -0.05) is 11.3 Å². The highest BCUT2D eigenvalue weighted by Crippen LogP contribution is 2.27. The van der Waals surface area contributed by atoms with Crippen LogP contribution in [0.1, 0.15) is 37.6 Å². The van der Waals surface area contributed by atoms with Gasteiger partial charge in [-0.3, -0.25) is 0 Å². The Morgan fingerprint density at radius 2 is 2.33 bits per heavy atom. The number of aliphatic hydroxyl groups is 1. The Balaban J connectivity index is 1.54. The van der Waals surface area contributed by atoms with Crippen molar-refractivity contribution in [3.8, 4) is 0 Å². The van der Waals surface area contributed by atoms with E-state index in [-0.39, 0.29) is 0 Å². The van der Waals surface area contributed by atoms with Gasteiger partial charge in [0, 0.05) is 18.8 Å². The Bertz CT molecular complexity index is 494. The Hall–Kier alpha value is -0.980. The van der Waals surface area contributed by atoms with E-state index in [2.05, 4.69) is 15.4 Å². The third kappa shape index (κ3) is 2.55. The highest BCUT2D eigenvalue weighted by molar-refractivity contribution is 7.16. The summed E-state index contributed by atoms with van der Waals surface area (Å²) in [6.45, 7) is 2.72. The first-order valence-electron chi connectivity index (χ1n) is 6.37. The zero-order valence-electron chi connectivity index (χ0n) is 10.5. The fraction of sp³-hybridized carbons (Fsp3) is 0.667. The van der Waals surface area contributed by atoms with Crippen LogP contribution in [0.2, 0.25) is 0 Å². The minimum absolute atomic E-state index is 0.458. The van der Waals surface area contributed by atoms with Crippen molar-refractivity contribution in [2.45, 2.75) is 50.8 Å². The zero-order valence-corrected chi connectivity index (χ0v) is 11.3. The van der Waals surface area contributed by atoms with Gasteiger partial charge >= 0.3 is 0 Å². The van der Waals surface area contributed by atoms with Crippen molar-refractivity contribution in [1.82, 2.24) is 19.9 Å². The van der Waals surface area contributed by atoms with E-state index < -0.39 is 5.60 Å². The molecule has 18 heavy (non-hydrogen) atoms. The number of imidazole rings is 1. The molecule has 3 rings (SSSR count). The van der Waals surface area contributed by atoms with Gasteiger partial charge in [-0.25, -0.2) is 9.50 Å². The zero-order chi connectivity index (χ0) is 12.6. The second kappa shape index (κ2) is 4.60. The molecular formula is C12H18N4OS. The lowest BCUT2D eigenvalue weighted by molar-refractivity contribution is 0.0140. The van der Waals surface area contributed by atoms with Gasteiger partial charge in [0.15, 0.2) is 0 Å². The summed E-state index contributed by atoms with van der Waals surface area (Å²) < 4.78 is 1.81. The van der Waals surface area contributed by atoms with Crippen molar-refractivity contribution in [3.05, 3.63) is 17.4 Å². The van der Waals surface area contributed by atoms with E-state index in [1.54, 1.807) is 17.5 Å². The lowest BCUT2D eigenvalue weighted by atomic mass is 9.84. The molecule has 0 atom stereocenters. The Kier molecular flexibility index (Phi) is 3.09. The van der Waals surface area contributed by atoms with Gasteiger partial charge in [0.05, 0.1) is 11.8 Å². The number of hydrogen-bond acceptors (Lipinski definition) is 5. The minimum atomic E-state index is -0.458. The molecule has 5 nitrogen and oxygen atoms in total. The summed E-state index contributed by atoms with van der Waals surface area (Å²) in [6, 6.07) is 0.501. The van der Waals surface area contributed by atoms with Crippen LogP contribution in [0.4, 0.5) is 0 Å². The predicted octanol–water partition coefficient (Wildman–Crippen LogP) is 1.57. The maximum absolute atomic E-state index is 9.90. The average Bonchev–Trinajstić information content (AvgIpc) is 2.88. The van der Waals surface area contributed by atoms with Crippen LogP contribution < -0.4 is 5.32 Å². The summed E-state index contributed by atoms with van der Waals surface area (Å²) in [5.41, 5.74) is -0.458. The summed E-state index contributed by atoms with van der Waals surface area (Å²) in [6.07, 6.45) is 7.47. The Morgan fingerprint density at radius 3 is 3.06 bits per heavy atom. The first kappa shape index (κ1) is 12.1. The van der Waals surface area contributed by atoms with Gasteiger partial charge in [0.25, 0.3) is 0 Å². The number of nitrogens with zero attached hydrogens (tertiary/aromatic N) is 3. The SMILES string of the molecule is CC1(O)CCC(NCc2nn3ccnc3s2)CC1. The summed E-state index contributed by atoms with van der Waals surface area (Å²) in [5.74, 6) is 0. The molecule has 0 aliphatic heterocycles. The molecule has 0 amide bonds. The largest absolute Gasteiger partial charge is 0.390 e. The molecule has 1 aliphatic rings. The second-order valence-electron chi connectivity index (χ2n) is 5.30. The van der Waals surface area contributed by atoms with Gasteiger partial charge in [-0.2, -0.15) is 5.10 Å². The van der Waals surface area contributed by atoms with Gasteiger partial charge in [0.1, 0.15) is 5.01 Å². The monoisotopic (exact) mass is 266 g/mol. The van der Waals surface area contributed by atoms with Crippen LogP contribution in [0.15, 0.2) is 12.4 Å². The summed E-state index contributed by atoms with van der Waals surface area (Å²) in [7, 11) is 0. The first-order chi connectivity index (χ1) is 8.62. The molecule has 2 aromatic heterocycles. The molecule has 98 valence electrons. The van der Waals surface area contributed by atoms with E-state index >= 15 is 0 Å². The van der Waals surface area contributed by atoms with E-state index in [1.807, 2.05) is 17.6 Å². The summed E-state index contributed by atoms with van der Waals surface area (Å²) in [5, 5.41) is 18.9. The van der Waals surface area contributed by atoms with Crippen LogP contribution in [0.5, 0.6) is 0 Å². The topological polar surface area (TPSA) is 62.5 Å². The highest BCUT2D eigenvalue weighted by atomic mass is 32.1. The van der Waals surface area contributed by atoms with E-state index in [1.165, 1.54) is 0 Å². The third-order valence-corrected chi connectivity index (χ3v) is 4.56. The molecule has 0 unspecified atom stereocenters. The van der Waals surface area contributed by atoms with Crippen LogP contribution in [-0.2, 0) is 6.54 Å². The Labute approximate surface area is 110 Å². The van der Waals surface area contributed by atoms with Gasteiger partial charge < -0.3 is 10.4 Å². The number of nitrogens with one attached hydrogen (secondary N) is 1. The number of rotatable bonds is 3. The number of fused-ring (bicyclic) bond motifs is 1. The quantitative estimate of drug-likeness (QED) is 0.885. The number of aromatic nitrogens is 3. The molecule has 1 aliphatic carbocycles. The van der Waals surface area contributed by atoms with Crippen molar-refractivity contribution >= 4 is 16.3 Å². The molecule has 2 aromatic rings. The van der Waals surface area contributed by atoms with Crippen molar-refractivity contribution in [2.75, 3.05) is 0 Å². The van der Waals surface area contributed by atoms with Gasteiger partial charge in [-0.05, 0) is 32.6 Å². The molecule has 2 N–H and O–H groups in total. The lowest BCUT2D eigenvalue weighted by Crippen LogP contribution is -2.39. The van der Waals surface area contributed by atoms with Crippen molar-refractivity contribution < 1.29 is 5.11 Å². The lowest BCUT2D eigenvalue weighted by Gasteiger charge is -2.33. The minimum Gasteiger partial charge on any atom is -0.390 e. The molecule has 1 fully saturated rings. The van der Waals surface area contributed by atoms with Crippen molar-refractivity contribution in [1.29, 1.82) is 0 Å². The van der Waals surface area contributed by atoms with E-state index in [0.29, 0.717) is 6.04 Å². The molecule has 0 aromatic carbocycles. The van der Waals surface area contributed by atoms with E-state index in [9.17, 15) is 5.11 Å². The first-order valence-corrected chi connectivity index (χ1v) is 7.19. The fourth-order valence-corrected chi connectivity index (χ4v) is 3.23. The van der Waals surface area contributed by atoms with E-state index in [4.69, 9.17) is 0 Å². The van der Waals surface area contributed by atoms with Crippen LogP contribution in [0, 0.1) is 0 Å². The molecule has 2 heterocycles. The predicted molar refractivity (Wildman–Crippen MR) is 70.6 cm³/mol. The molecule has 1 saturated carbocycles. The average molecular weight is 266 g/mol. The maximum atomic E-state index is 9.90. The smallest absolute Gasteiger partial charge is 0.212 e. The van der Waals surface area contributed by atoms with Crippen LogP contribution in [0.25, 0.3) is 4.96 Å². The number of hydrogen-bond donors (Lipinski definition) is 2. The van der Waals surface area contributed by atoms with Crippen molar-refractivity contribution in [3.63, 3.8) is 0 Å². The van der Waals surface area contributed by atoms with Crippen LogP contribution in [-0.4, -0.2) is 31.3 Å². The Morgan fingerprint density at radius 1 is 1.56 bits per heavy atom. The standard InChI is InChI=1S/C12H18N4OS/c1-12(17)4-2-9(3-5-12)14-8-10-15-16-7-6-13-11(16)18-10/h6-7,9,14,17H,2-5,8H2,1H3. The van der Waals surface area contributed by atoms with E-state index in [0.717, 1.165) is 42.2 Å². The molecule has 0 bridgehead atoms. The van der Waals surface area contributed by atoms with Crippen LogP contribution >= 0.6 is 11.3 Å². The molecule has 0 radical (unpaired) electrons. The summed E-state index contributed by atoms with van der Waals surface area (Å²) in [4.78, 5) is 5.15. The summed E-state index contributed by atoms with van der Waals surface area (Å²) >= 11 is 1.62. The van der Waals surface area contributed by atoms with Crippen molar-refractivity contribution in [2.24, 2.45) is 0 Å². The third-order valence-electron chi connectivity index (χ3n) is 3.62. The van der Waals surface area contributed by atoms with Gasteiger partial charge in [0.2, 0.25) is 4.96 Å². The fourth-order valence-electron chi connectivity index (χ4n) is 2.43. The molecule has 6 heteroatoms. The molecule has 0 saturated heterocycles. The maximum Gasteiger partial charge on any atom is 0.212 e.